The Kier molecular flexibility index (Phi) is 7.02. The van der Waals surface area contributed by atoms with Gasteiger partial charge in [0.15, 0.2) is 5.82 Å². The molecular weight excluding hydrogens is 395 g/mol. The molecule has 2 saturated carbocycles. The van der Waals surface area contributed by atoms with E-state index in [2.05, 4.69) is 6.07 Å². The Morgan fingerprint density at radius 2 is 1.89 bits per heavy atom. The highest BCUT2D eigenvalue weighted by atomic mass is 35.5. The topological polar surface area (TPSA) is 66.0 Å². The zero-order valence-corrected chi connectivity index (χ0v) is 18.2. The third kappa shape index (κ3) is 4.23. The van der Waals surface area contributed by atoms with Gasteiger partial charge in [-0.05, 0) is 56.7 Å². The molecular formula is C21H30Cl2N4O. The number of nitrogens with zero attached hydrogens (tertiary/aromatic N) is 3. The normalized spacial score (nSPS) is 25.6. The van der Waals surface area contributed by atoms with Gasteiger partial charge in [0.1, 0.15) is 5.82 Å². The first-order valence-electron chi connectivity index (χ1n) is 10.1. The number of aryl methyl sites for hydroxylation is 1. The van der Waals surface area contributed by atoms with Crippen LogP contribution in [0.1, 0.15) is 74.0 Å². The molecule has 2 N–H and O–H groups in total. The molecule has 0 aliphatic heterocycles. The standard InChI is InChI=1S/C21H29ClN4O.ClH/c1-13-7-9-16(12-17(13)22)26-21(15-8-10-18(23)19(11-15)27-2)24-20(25-26)14-5-3-4-6-14;/h7,9,12,14-15,18-19H,3-6,8,10-11,23H2,1-2H3;1H/t15-,18-,19-;/m0./s1. The van der Waals surface area contributed by atoms with E-state index in [1.807, 2.05) is 23.7 Å². The number of ether oxygens (including phenoxy) is 1. The average molecular weight is 425 g/mol. The van der Waals surface area contributed by atoms with Crippen LogP contribution in [-0.4, -0.2) is 34.0 Å². The first-order valence-corrected chi connectivity index (χ1v) is 10.5. The van der Waals surface area contributed by atoms with E-state index < -0.39 is 0 Å². The van der Waals surface area contributed by atoms with E-state index in [9.17, 15) is 0 Å². The van der Waals surface area contributed by atoms with Crippen molar-refractivity contribution in [2.24, 2.45) is 5.73 Å². The van der Waals surface area contributed by atoms with Gasteiger partial charge in [-0.15, -0.1) is 12.4 Å². The average Bonchev–Trinajstić information content (AvgIpc) is 3.34. The van der Waals surface area contributed by atoms with Gasteiger partial charge in [-0.3, -0.25) is 0 Å². The minimum Gasteiger partial charge on any atom is -0.380 e. The molecule has 5 nitrogen and oxygen atoms in total. The molecule has 2 fully saturated rings. The lowest BCUT2D eigenvalue weighted by atomic mass is 9.83. The highest BCUT2D eigenvalue weighted by Crippen LogP contribution is 2.37. The van der Waals surface area contributed by atoms with Crippen LogP contribution in [0.5, 0.6) is 0 Å². The fraction of sp³-hybridized carbons (Fsp3) is 0.619. The predicted molar refractivity (Wildman–Crippen MR) is 115 cm³/mol. The lowest BCUT2D eigenvalue weighted by molar-refractivity contribution is 0.0459. The molecule has 3 atom stereocenters. The molecule has 0 saturated heterocycles. The van der Waals surface area contributed by atoms with Crippen LogP contribution in [0.15, 0.2) is 18.2 Å². The van der Waals surface area contributed by atoms with Crippen molar-refractivity contribution in [3.8, 4) is 5.69 Å². The number of methoxy groups -OCH3 is 1. The summed E-state index contributed by atoms with van der Waals surface area (Å²) in [7, 11) is 1.75. The lowest BCUT2D eigenvalue weighted by Gasteiger charge is -2.32. The second kappa shape index (κ2) is 9.12. The van der Waals surface area contributed by atoms with Crippen molar-refractivity contribution >= 4 is 24.0 Å². The van der Waals surface area contributed by atoms with E-state index in [4.69, 9.17) is 32.2 Å². The maximum Gasteiger partial charge on any atom is 0.154 e. The SMILES string of the molecule is CO[C@H]1C[C@@H](c2nc(C3CCCC3)nn2-c2ccc(C)c(Cl)c2)CC[C@@H]1N.Cl. The van der Waals surface area contributed by atoms with Crippen LogP contribution in [-0.2, 0) is 4.74 Å². The van der Waals surface area contributed by atoms with Crippen molar-refractivity contribution in [1.82, 2.24) is 14.8 Å². The Morgan fingerprint density at radius 3 is 2.57 bits per heavy atom. The Balaban J connectivity index is 0.00000225. The van der Waals surface area contributed by atoms with Crippen molar-refractivity contribution in [3.05, 3.63) is 40.4 Å². The first-order chi connectivity index (χ1) is 13.1. The molecule has 7 heteroatoms. The van der Waals surface area contributed by atoms with Crippen LogP contribution >= 0.6 is 24.0 Å². The van der Waals surface area contributed by atoms with Crippen LogP contribution in [0.25, 0.3) is 5.69 Å². The number of hydrogen-bond acceptors (Lipinski definition) is 4. The van der Waals surface area contributed by atoms with Gasteiger partial charge in [-0.1, -0.05) is 30.5 Å². The van der Waals surface area contributed by atoms with Gasteiger partial charge in [0, 0.05) is 30.0 Å². The molecule has 1 heterocycles. The Labute approximate surface area is 178 Å². The second-order valence-electron chi connectivity index (χ2n) is 8.10. The quantitative estimate of drug-likeness (QED) is 0.755. The van der Waals surface area contributed by atoms with E-state index in [0.717, 1.165) is 47.2 Å². The number of benzene rings is 1. The number of rotatable bonds is 4. The number of aromatic nitrogens is 3. The third-order valence-electron chi connectivity index (χ3n) is 6.28. The molecule has 1 aromatic carbocycles. The summed E-state index contributed by atoms with van der Waals surface area (Å²) in [5, 5.41) is 5.71. The number of nitrogens with two attached hydrogens (primary N) is 1. The van der Waals surface area contributed by atoms with Gasteiger partial charge in [0.25, 0.3) is 0 Å². The Bertz CT molecular complexity index is 804. The molecule has 2 aliphatic rings. The molecule has 2 aliphatic carbocycles. The summed E-state index contributed by atoms with van der Waals surface area (Å²) in [6.45, 7) is 2.02. The van der Waals surface area contributed by atoms with E-state index in [1.165, 1.54) is 25.7 Å². The van der Waals surface area contributed by atoms with Gasteiger partial charge >= 0.3 is 0 Å². The van der Waals surface area contributed by atoms with E-state index in [-0.39, 0.29) is 24.6 Å². The Hall–Kier alpha value is -1.14. The minimum atomic E-state index is 0. The highest BCUT2D eigenvalue weighted by molar-refractivity contribution is 6.31. The summed E-state index contributed by atoms with van der Waals surface area (Å²) in [6, 6.07) is 6.23. The first kappa shape index (κ1) is 21.6. The molecule has 1 aromatic heterocycles. The summed E-state index contributed by atoms with van der Waals surface area (Å²) in [6.07, 6.45) is 7.85. The predicted octanol–water partition coefficient (Wildman–Crippen LogP) is 4.92. The molecule has 0 bridgehead atoms. The van der Waals surface area contributed by atoms with Gasteiger partial charge in [0.05, 0.1) is 11.8 Å². The molecule has 0 amide bonds. The molecule has 0 unspecified atom stereocenters. The molecule has 28 heavy (non-hydrogen) atoms. The van der Waals surface area contributed by atoms with Crippen molar-refractivity contribution in [3.63, 3.8) is 0 Å². The zero-order valence-electron chi connectivity index (χ0n) is 16.6. The van der Waals surface area contributed by atoms with Crippen LogP contribution < -0.4 is 5.73 Å². The van der Waals surface area contributed by atoms with Crippen LogP contribution in [0.4, 0.5) is 0 Å². The minimum absolute atomic E-state index is 0. The van der Waals surface area contributed by atoms with E-state index in [0.29, 0.717) is 11.8 Å². The van der Waals surface area contributed by atoms with Gasteiger partial charge < -0.3 is 10.5 Å². The number of halogens is 2. The lowest BCUT2D eigenvalue weighted by Crippen LogP contribution is -2.41. The second-order valence-corrected chi connectivity index (χ2v) is 8.51. The van der Waals surface area contributed by atoms with Crippen molar-refractivity contribution in [1.29, 1.82) is 0 Å². The number of hydrogen-bond donors (Lipinski definition) is 1. The molecule has 0 spiro atoms. The van der Waals surface area contributed by atoms with Gasteiger partial charge in [0.2, 0.25) is 0 Å². The largest absolute Gasteiger partial charge is 0.380 e. The monoisotopic (exact) mass is 424 g/mol. The molecule has 154 valence electrons. The van der Waals surface area contributed by atoms with Gasteiger partial charge in [-0.2, -0.15) is 5.10 Å². The Morgan fingerprint density at radius 1 is 1.14 bits per heavy atom. The maximum atomic E-state index is 6.40. The van der Waals surface area contributed by atoms with E-state index >= 15 is 0 Å². The van der Waals surface area contributed by atoms with E-state index in [1.54, 1.807) is 7.11 Å². The maximum absolute atomic E-state index is 6.40. The smallest absolute Gasteiger partial charge is 0.154 e. The summed E-state index contributed by atoms with van der Waals surface area (Å²) in [5.74, 6) is 2.81. The highest BCUT2D eigenvalue weighted by Gasteiger charge is 2.33. The summed E-state index contributed by atoms with van der Waals surface area (Å²) < 4.78 is 7.66. The van der Waals surface area contributed by atoms with Crippen molar-refractivity contribution in [2.75, 3.05) is 7.11 Å². The van der Waals surface area contributed by atoms with Crippen LogP contribution in [0, 0.1) is 6.92 Å². The van der Waals surface area contributed by atoms with Crippen molar-refractivity contribution in [2.45, 2.75) is 75.9 Å². The zero-order chi connectivity index (χ0) is 19.0. The van der Waals surface area contributed by atoms with Crippen LogP contribution in [0.3, 0.4) is 0 Å². The molecule has 0 radical (unpaired) electrons. The molecule has 4 rings (SSSR count). The summed E-state index contributed by atoms with van der Waals surface area (Å²) in [4.78, 5) is 5.05. The third-order valence-corrected chi connectivity index (χ3v) is 6.69. The van der Waals surface area contributed by atoms with Gasteiger partial charge in [-0.25, -0.2) is 9.67 Å². The summed E-state index contributed by atoms with van der Waals surface area (Å²) in [5.41, 5.74) is 8.29. The fourth-order valence-corrected chi connectivity index (χ4v) is 4.70. The fourth-order valence-electron chi connectivity index (χ4n) is 4.52. The van der Waals surface area contributed by atoms with Crippen LogP contribution in [0.2, 0.25) is 5.02 Å². The summed E-state index contributed by atoms with van der Waals surface area (Å²) >= 11 is 6.40. The molecule has 2 aromatic rings. The van der Waals surface area contributed by atoms with Crippen molar-refractivity contribution < 1.29 is 4.74 Å².